The molecule has 0 aliphatic heterocycles. The van der Waals surface area contributed by atoms with Crippen LogP contribution in [-0.4, -0.2) is 22.0 Å². The average Bonchev–Trinajstić information content (AvgIpc) is 2.69. The minimum atomic E-state index is -0.490. The van der Waals surface area contributed by atoms with E-state index in [9.17, 15) is 9.18 Å². The van der Waals surface area contributed by atoms with Crippen molar-refractivity contribution in [1.29, 1.82) is 10.8 Å². The highest BCUT2D eigenvalue weighted by molar-refractivity contribution is 6.32. The molecule has 0 fully saturated rings. The molecular weight excluding hydrogens is 379 g/mol. The Morgan fingerprint density at radius 2 is 1.86 bits per heavy atom. The predicted octanol–water partition coefficient (Wildman–Crippen LogP) is 4.71. The van der Waals surface area contributed by atoms with Crippen molar-refractivity contribution < 1.29 is 4.39 Å². The van der Waals surface area contributed by atoms with Gasteiger partial charge in [-0.3, -0.25) is 14.3 Å². The number of hydrogen-bond donors (Lipinski definition) is 2. The van der Waals surface area contributed by atoms with Crippen LogP contribution in [0.15, 0.2) is 59.5 Å². The van der Waals surface area contributed by atoms with Gasteiger partial charge < -0.3 is 10.8 Å². The predicted molar refractivity (Wildman–Crippen MR) is 110 cm³/mol. The molecule has 0 unspecified atom stereocenters. The summed E-state index contributed by atoms with van der Waals surface area (Å²) >= 11 is 6.24. The smallest absolute Gasteiger partial charge is 0.255 e. The topological polar surface area (TPSA) is 82.6 Å². The third kappa shape index (κ3) is 2.88. The number of nitrogens with one attached hydrogen (secondary N) is 2. The molecule has 4 rings (SSSR count). The first-order valence-corrected chi connectivity index (χ1v) is 8.82. The van der Waals surface area contributed by atoms with E-state index in [1.165, 1.54) is 35.2 Å². The number of nitrogens with zero attached hydrogens (tertiary/aromatic N) is 2. The monoisotopic (exact) mass is 392 g/mol. The Labute approximate surface area is 164 Å². The molecule has 28 heavy (non-hydrogen) atoms. The summed E-state index contributed by atoms with van der Waals surface area (Å²) in [6.45, 7) is 0. The fourth-order valence-electron chi connectivity index (χ4n) is 3.28. The third-order valence-electron chi connectivity index (χ3n) is 4.64. The molecule has 0 spiro atoms. The second-order valence-electron chi connectivity index (χ2n) is 6.30. The standard InChI is InChI=1S/C21H14ClFN4O/c22-17-8-15(23)3-5-19(17)27-20(28)6-2-13-11-26-18-4-1-12(14(9-24)10-25)7-16(18)21(13)27/h1-11,14,24-25H. The number of halogens is 2. The van der Waals surface area contributed by atoms with Crippen LogP contribution < -0.4 is 5.56 Å². The Morgan fingerprint density at radius 3 is 2.57 bits per heavy atom. The van der Waals surface area contributed by atoms with Crippen LogP contribution in [0.1, 0.15) is 11.5 Å². The van der Waals surface area contributed by atoms with Gasteiger partial charge >= 0.3 is 0 Å². The minimum absolute atomic E-state index is 0.118. The lowest BCUT2D eigenvalue weighted by molar-refractivity contribution is 0.627. The van der Waals surface area contributed by atoms with Crippen LogP contribution >= 0.6 is 11.6 Å². The van der Waals surface area contributed by atoms with Gasteiger partial charge in [0.1, 0.15) is 5.82 Å². The number of benzene rings is 2. The number of aromatic nitrogens is 2. The van der Waals surface area contributed by atoms with E-state index in [1.54, 1.807) is 24.4 Å². The maximum absolute atomic E-state index is 13.5. The van der Waals surface area contributed by atoms with Gasteiger partial charge in [0.15, 0.2) is 0 Å². The summed E-state index contributed by atoms with van der Waals surface area (Å²) in [6.07, 6.45) is 4.02. The second-order valence-corrected chi connectivity index (χ2v) is 6.71. The number of pyridine rings is 2. The minimum Gasteiger partial charge on any atom is -0.312 e. The highest BCUT2D eigenvalue weighted by Gasteiger charge is 2.15. The van der Waals surface area contributed by atoms with Crippen LogP contribution in [0.3, 0.4) is 0 Å². The average molecular weight is 393 g/mol. The van der Waals surface area contributed by atoms with E-state index in [-0.39, 0.29) is 10.6 Å². The van der Waals surface area contributed by atoms with Crippen LogP contribution in [0.4, 0.5) is 4.39 Å². The van der Waals surface area contributed by atoms with Crippen LogP contribution in [0, 0.1) is 16.6 Å². The van der Waals surface area contributed by atoms with Gasteiger partial charge in [0, 0.05) is 35.5 Å². The summed E-state index contributed by atoms with van der Waals surface area (Å²) in [5, 5.41) is 16.6. The van der Waals surface area contributed by atoms with Crippen LogP contribution in [0.5, 0.6) is 0 Å². The van der Waals surface area contributed by atoms with Crippen molar-refractivity contribution >= 4 is 45.8 Å². The van der Waals surface area contributed by atoms with Gasteiger partial charge in [0.2, 0.25) is 0 Å². The SMILES string of the molecule is N=CC(C=N)c1ccc2ncc3ccc(=O)n(-c4ccc(F)cc4Cl)c3c2c1. The van der Waals surface area contributed by atoms with E-state index < -0.39 is 11.7 Å². The zero-order chi connectivity index (χ0) is 19.8. The summed E-state index contributed by atoms with van der Waals surface area (Å²) in [5.74, 6) is -0.964. The van der Waals surface area contributed by atoms with E-state index >= 15 is 0 Å². The van der Waals surface area contributed by atoms with Crippen molar-refractivity contribution in [2.24, 2.45) is 0 Å². The molecule has 7 heteroatoms. The van der Waals surface area contributed by atoms with Gasteiger partial charge in [-0.25, -0.2) is 4.39 Å². The van der Waals surface area contributed by atoms with Crippen LogP contribution in [0.2, 0.25) is 5.02 Å². The van der Waals surface area contributed by atoms with Gasteiger partial charge in [0.25, 0.3) is 5.56 Å². The van der Waals surface area contributed by atoms with Crippen molar-refractivity contribution in [1.82, 2.24) is 9.55 Å². The first kappa shape index (κ1) is 18.0. The van der Waals surface area contributed by atoms with Crippen molar-refractivity contribution in [3.8, 4) is 5.69 Å². The largest absolute Gasteiger partial charge is 0.312 e. The molecule has 0 amide bonds. The summed E-state index contributed by atoms with van der Waals surface area (Å²) in [6, 6.07) is 12.4. The molecule has 0 aliphatic carbocycles. The Hall–Kier alpha value is -3.38. The zero-order valence-electron chi connectivity index (χ0n) is 14.5. The van der Waals surface area contributed by atoms with Gasteiger partial charge in [-0.1, -0.05) is 17.7 Å². The second kappa shape index (κ2) is 6.98. The van der Waals surface area contributed by atoms with E-state index in [4.69, 9.17) is 22.4 Å². The normalized spacial score (nSPS) is 12.2. The lowest BCUT2D eigenvalue weighted by Gasteiger charge is -2.15. The molecule has 0 bridgehead atoms. The fraction of sp³-hybridized carbons (Fsp3) is 0.0476. The molecule has 5 nitrogen and oxygen atoms in total. The Balaban J connectivity index is 2.16. The lowest BCUT2D eigenvalue weighted by Crippen LogP contribution is -2.18. The van der Waals surface area contributed by atoms with Crippen molar-refractivity contribution in [2.75, 3.05) is 0 Å². The summed E-state index contributed by atoms with van der Waals surface area (Å²) in [5.41, 5.74) is 2.03. The summed E-state index contributed by atoms with van der Waals surface area (Å²) in [4.78, 5) is 17.2. The zero-order valence-corrected chi connectivity index (χ0v) is 15.2. The van der Waals surface area contributed by atoms with E-state index in [2.05, 4.69) is 4.98 Å². The lowest BCUT2D eigenvalue weighted by atomic mass is 9.98. The molecule has 2 heterocycles. The van der Waals surface area contributed by atoms with Gasteiger partial charge in [-0.2, -0.15) is 0 Å². The van der Waals surface area contributed by atoms with Crippen molar-refractivity contribution in [3.63, 3.8) is 0 Å². The van der Waals surface area contributed by atoms with E-state index in [0.717, 1.165) is 11.6 Å². The molecule has 4 aromatic rings. The molecule has 0 saturated heterocycles. The number of hydrogen-bond acceptors (Lipinski definition) is 4. The fourth-order valence-corrected chi connectivity index (χ4v) is 3.53. The maximum Gasteiger partial charge on any atom is 0.255 e. The Morgan fingerprint density at radius 1 is 1.07 bits per heavy atom. The molecule has 0 atom stereocenters. The van der Waals surface area contributed by atoms with Crippen LogP contribution in [0.25, 0.3) is 27.5 Å². The van der Waals surface area contributed by atoms with Crippen LogP contribution in [-0.2, 0) is 0 Å². The number of fused-ring (bicyclic) bond motifs is 3. The Kier molecular flexibility index (Phi) is 4.49. The van der Waals surface area contributed by atoms with E-state index in [1.807, 2.05) is 6.07 Å². The molecule has 2 N–H and O–H groups in total. The van der Waals surface area contributed by atoms with Crippen molar-refractivity contribution in [3.05, 3.63) is 81.5 Å². The summed E-state index contributed by atoms with van der Waals surface area (Å²) < 4.78 is 15.0. The van der Waals surface area contributed by atoms with E-state index in [0.29, 0.717) is 27.5 Å². The molecule has 0 radical (unpaired) electrons. The van der Waals surface area contributed by atoms with Gasteiger partial charge in [-0.15, -0.1) is 0 Å². The molecule has 0 aliphatic rings. The molecule has 0 saturated carbocycles. The molecule has 2 aromatic heterocycles. The van der Waals surface area contributed by atoms with Crippen molar-refractivity contribution in [2.45, 2.75) is 5.92 Å². The molecule has 138 valence electrons. The third-order valence-corrected chi connectivity index (χ3v) is 4.94. The quantitative estimate of drug-likeness (QED) is 0.389. The van der Waals surface area contributed by atoms with Gasteiger partial charge in [0.05, 0.1) is 27.7 Å². The highest BCUT2D eigenvalue weighted by atomic mass is 35.5. The number of rotatable bonds is 4. The molecular formula is C21H14ClFN4O. The summed E-state index contributed by atoms with van der Waals surface area (Å²) in [7, 11) is 0. The van der Waals surface area contributed by atoms with Gasteiger partial charge in [-0.05, 0) is 42.0 Å². The highest BCUT2D eigenvalue weighted by Crippen LogP contribution is 2.29. The molecule has 2 aromatic carbocycles. The maximum atomic E-state index is 13.5. The first-order chi connectivity index (χ1) is 13.5. The first-order valence-electron chi connectivity index (χ1n) is 8.44. The Bertz CT molecular complexity index is 1310.